The summed E-state index contributed by atoms with van der Waals surface area (Å²) in [5.41, 5.74) is 9.81. The van der Waals surface area contributed by atoms with E-state index in [1.54, 1.807) is 6.20 Å². The Bertz CT molecular complexity index is 1230. The molecule has 2 aliphatic heterocycles. The lowest BCUT2D eigenvalue weighted by atomic mass is 9.82. The zero-order valence-corrected chi connectivity index (χ0v) is 20.2. The van der Waals surface area contributed by atoms with Crippen molar-refractivity contribution in [1.82, 2.24) is 25.0 Å². The van der Waals surface area contributed by atoms with Gasteiger partial charge in [-0.15, -0.1) is 0 Å². The maximum Gasteiger partial charge on any atom is 0.317 e. The van der Waals surface area contributed by atoms with Gasteiger partial charge in [-0.3, -0.25) is 4.68 Å². The molecule has 178 valence electrons. The minimum Gasteiger partial charge on any atom is -0.482 e. The van der Waals surface area contributed by atoms with Crippen molar-refractivity contribution in [3.63, 3.8) is 0 Å². The first-order valence-corrected chi connectivity index (χ1v) is 12.1. The standard InChI is InChI=1S/C25H29ClN6O2/c1-3-28-24(33)31-10-8-25(15-31)9-11-32-22(25)13-20(30-32)17-12-21(23(27)29-14-17)34-16(2)18-6-4-5-7-19(18)26/h4-7,12-14,16H,3,8-11,15H2,1-2H3,(H2,27,29)(H,28,33)/t16?,25-/m1/s1. The Hall–Kier alpha value is -3.26. The maximum absolute atomic E-state index is 12.4. The highest BCUT2D eigenvalue weighted by Crippen LogP contribution is 2.44. The van der Waals surface area contributed by atoms with Crippen molar-refractivity contribution in [2.24, 2.45) is 0 Å². The molecule has 1 aromatic carbocycles. The van der Waals surface area contributed by atoms with Crippen LogP contribution in [0.25, 0.3) is 11.3 Å². The van der Waals surface area contributed by atoms with Crippen molar-refractivity contribution in [2.75, 3.05) is 25.4 Å². The van der Waals surface area contributed by atoms with Crippen LogP contribution in [0, 0.1) is 0 Å². The van der Waals surface area contributed by atoms with Gasteiger partial charge in [0.25, 0.3) is 0 Å². The summed E-state index contributed by atoms with van der Waals surface area (Å²) in [6, 6.07) is 11.6. The number of nitrogens with two attached hydrogens (primary N) is 1. The van der Waals surface area contributed by atoms with E-state index in [1.165, 1.54) is 5.69 Å². The fourth-order valence-electron chi connectivity index (χ4n) is 5.07. The smallest absolute Gasteiger partial charge is 0.317 e. The zero-order chi connectivity index (χ0) is 23.9. The highest BCUT2D eigenvalue weighted by Gasteiger charge is 2.46. The minimum atomic E-state index is -0.290. The molecule has 9 heteroatoms. The number of rotatable bonds is 5. The number of pyridine rings is 1. The van der Waals surface area contributed by atoms with Crippen LogP contribution in [0.4, 0.5) is 10.6 Å². The number of aryl methyl sites for hydroxylation is 1. The number of amides is 2. The van der Waals surface area contributed by atoms with Crippen LogP contribution in [0.3, 0.4) is 0 Å². The molecule has 3 N–H and O–H groups in total. The van der Waals surface area contributed by atoms with Crippen LogP contribution in [-0.2, 0) is 12.0 Å². The largest absolute Gasteiger partial charge is 0.482 e. The highest BCUT2D eigenvalue weighted by molar-refractivity contribution is 6.31. The molecule has 8 nitrogen and oxygen atoms in total. The Kier molecular flexibility index (Phi) is 5.85. The molecule has 1 saturated heterocycles. The van der Waals surface area contributed by atoms with Gasteiger partial charge in [0, 0.05) is 59.6 Å². The lowest BCUT2D eigenvalue weighted by Crippen LogP contribution is -2.40. The van der Waals surface area contributed by atoms with Crippen LogP contribution in [0.15, 0.2) is 42.6 Å². The number of carbonyl (C=O) groups is 1. The van der Waals surface area contributed by atoms with Gasteiger partial charge < -0.3 is 20.7 Å². The first-order chi connectivity index (χ1) is 16.4. The molecule has 34 heavy (non-hydrogen) atoms. The van der Waals surface area contributed by atoms with E-state index in [2.05, 4.69) is 21.0 Å². The third kappa shape index (κ3) is 3.96. The molecule has 0 saturated carbocycles. The van der Waals surface area contributed by atoms with Gasteiger partial charge in [0.1, 0.15) is 6.10 Å². The number of hydrogen-bond donors (Lipinski definition) is 2. The molecule has 2 aliphatic rings. The van der Waals surface area contributed by atoms with Gasteiger partial charge in [0.15, 0.2) is 11.6 Å². The number of fused-ring (bicyclic) bond motifs is 2. The summed E-state index contributed by atoms with van der Waals surface area (Å²) in [6.07, 6.45) is 3.37. The van der Waals surface area contributed by atoms with Crippen molar-refractivity contribution < 1.29 is 9.53 Å². The van der Waals surface area contributed by atoms with Crippen molar-refractivity contribution in [1.29, 1.82) is 0 Å². The van der Waals surface area contributed by atoms with Gasteiger partial charge in [0.05, 0.1) is 5.69 Å². The number of carbonyl (C=O) groups excluding carboxylic acids is 1. The summed E-state index contributed by atoms with van der Waals surface area (Å²) in [4.78, 5) is 18.6. The van der Waals surface area contributed by atoms with Crippen molar-refractivity contribution in [3.8, 4) is 17.0 Å². The lowest BCUT2D eigenvalue weighted by molar-refractivity contribution is 0.206. The van der Waals surface area contributed by atoms with E-state index >= 15 is 0 Å². The van der Waals surface area contributed by atoms with E-state index in [4.69, 9.17) is 27.2 Å². The second kappa shape index (κ2) is 8.83. The van der Waals surface area contributed by atoms with Gasteiger partial charge in [-0.05, 0) is 44.9 Å². The summed E-state index contributed by atoms with van der Waals surface area (Å²) in [5.74, 6) is 0.815. The third-order valence-corrected chi connectivity index (χ3v) is 7.26. The summed E-state index contributed by atoms with van der Waals surface area (Å²) in [7, 11) is 0. The predicted octanol–water partition coefficient (Wildman–Crippen LogP) is 4.40. The van der Waals surface area contributed by atoms with Crippen LogP contribution in [0.5, 0.6) is 5.75 Å². The number of aromatic nitrogens is 3. The number of ether oxygens (including phenoxy) is 1. The van der Waals surface area contributed by atoms with E-state index in [0.29, 0.717) is 29.7 Å². The Morgan fingerprint density at radius 2 is 2.09 bits per heavy atom. The average molecular weight is 481 g/mol. The number of benzene rings is 1. The first kappa shape index (κ1) is 22.5. The molecular formula is C25H29ClN6O2. The van der Waals surface area contributed by atoms with Gasteiger partial charge in [-0.1, -0.05) is 29.8 Å². The Balaban J connectivity index is 1.39. The molecule has 2 aromatic heterocycles. The normalized spacial score (nSPS) is 19.9. The van der Waals surface area contributed by atoms with E-state index in [9.17, 15) is 4.79 Å². The third-order valence-electron chi connectivity index (χ3n) is 6.92. The van der Waals surface area contributed by atoms with Gasteiger partial charge in [-0.2, -0.15) is 5.10 Å². The maximum atomic E-state index is 12.4. The molecule has 3 aromatic rings. The number of likely N-dealkylation sites (tertiary alicyclic amines) is 1. The Morgan fingerprint density at radius 3 is 2.88 bits per heavy atom. The van der Waals surface area contributed by atoms with Crippen molar-refractivity contribution in [2.45, 2.75) is 44.8 Å². The molecule has 4 heterocycles. The lowest BCUT2D eigenvalue weighted by Gasteiger charge is -2.23. The highest BCUT2D eigenvalue weighted by atomic mass is 35.5. The number of hydrogen-bond acceptors (Lipinski definition) is 5. The molecule has 0 radical (unpaired) electrons. The second-order valence-electron chi connectivity index (χ2n) is 9.06. The zero-order valence-electron chi connectivity index (χ0n) is 19.4. The summed E-state index contributed by atoms with van der Waals surface area (Å²) < 4.78 is 8.22. The van der Waals surface area contributed by atoms with Crippen LogP contribution in [-0.4, -0.2) is 45.3 Å². The second-order valence-corrected chi connectivity index (χ2v) is 9.47. The monoisotopic (exact) mass is 480 g/mol. The van der Waals surface area contributed by atoms with Crippen LogP contribution in [0.2, 0.25) is 5.02 Å². The Labute approximate surface area is 204 Å². The molecule has 2 atom stereocenters. The predicted molar refractivity (Wildman–Crippen MR) is 132 cm³/mol. The number of anilines is 1. The van der Waals surface area contributed by atoms with Crippen LogP contribution >= 0.6 is 11.6 Å². The van der Waals surface area contributed by atoms with Crippen LogP contribution in [0.1, 0.15) is 44.1 Å². The Morgan fingerprint density at radius 1 is 1.29 bits per heavy atom. The topological polar surface area (TPSA) is 98.3 Å². The molecule has 1 unspecified atom stereocenters. The van der Waals surface area contributed by atoms with Crippen LogP contribution < -0.4 is 15.8 Å². The number of nitrogen functional groups attached to an aromatic ring is 1. The van der Waals surface area contributed by atoms with Gasteiger partial charge >= 0.3 is 6.03 Å². The molecular weight excluding hydrogens is 452 g/mol. The number of nitrogens with one attached hydrogen (secondary N) is 1. The van der Waals surface area contributed by atoms with Crippen molar-refractivity contribution >= 4 is 23.4 Å². The quantitative estimate of drug-likeness (QED) is 0.564. The van der Waals surface area contributed by atoms with Gasteiger partial charge in [0.2, 0.25) is 0 Å². The van der Waals surface area contributed by atoms with E-state index in [0.717, 1.165) is 42.8 Å². The summed E-state index contributed by atoms with van der Waals surface area (Å²) in [5, 5.41) is 8.41. The molecule has 2 amide bonds. The molecule has 1 fully saturated rings. The van der Waals surface area contributed by atoms with E-state index in [1.807, 2.05) is 49.1 Å². The fraction of sp³-hybridized carbons (Fsp3) is 0.400. The number of urea groups is 1. The fourth-order valence-corrected chi connectivity index (χ4v) is 5.36. The SMILES string of the molecule is CCNC(=O)N1CC[C@@]2(CCn3nc(-c4cnc(N)c(OC(C)c5ccccc5Cl)c4)cc32)C1. The summed E-state index contributed by atoms with van der Waals surface area (Å²) in [6.45, 7) is 6.82. The first-order valence-electron chi connectivity index (χ1n) is 11.7. The van der Waals surface area contributed by atoms with Gasteiger partial charge in [-0.25, -0.2) is 9.78 Å². The molecule has 0 bridgehead atoms. The molecule has 0 aliphatic carbocycles. The molecule has 1 spiro atoms. The number of halogens is 1. The minimum absolute atomic E-state index is 0.00901. The molecule has 5 rings (SSSR count). The average Bonchev–Trinajstić information content (AvgIpc) is 3.53. The van der Waals surface area contributed by atoms with E-state index < -0.39 is 0 Å². The summed E-state index contributed by atoms with van der Waals surface area (Å²) >= 11 is 6.33. The van der Waals surface area contributed by atoms with Crippen molar-refractivity contribution in [3.05, 3.63) is 58.9 Å². The van der Waals surface area contributed by atoms with E-state index in [-0.39, 0.29) is 17.6 Å². The number of nitrogens with zero attached hydrogens (tertiary/aromatic N) is 4.